The van der Waals surface area contributed by atoms with Crippen molar-refractivity contribution in [1.29, 1.82) is 0 Å². The van der Waals surface area contributed by atoms with Crippen molar-refractivity contribution in [3.8, 4) is 12.3 Å². The second-order valence-electron chi connectivity index (χ2n) is 4.86. The zero-order valence-electron chi connectivity index (χ0n) is 10.7. The molecule has 20 heavy (non-hydrogen) atoms. The van der Waals surface area contributed by atoms with Crippen molar-refractivity contribution in [1.82, 2.24) is 10.2 Å². The number of hydrogen-bond donors (Lipinski definition) is 5. The number of rotatable bonds is 2. The van der Waals surface area contributed by atoms with E-state index in [0.29, 0.717) is 0 Å². The molecule has 0 saturated carbocycles. The molecule has 0 aliphatic carbocycles. The van der Waals surface area contributed by atoms with Gasteiger partial charge in [0.15, 0.2) is 0 Å². The Bertz CT molecular complexity index is 485. The van der Waals surface area contributed by atoms with Gasteiger partial charge in [0, 0.05) is 12.3 Å². The molecule has 8 heteroatoms. The van der Waals surface area contributed by atoms with E-state index < -0.39 is 42.4 Å². The van der Waals surface area contributed by atoms with E-state index in [0.717, 1.165) is 17.2 Å². The summed E-state index contributed by atoms with van der Waals surface area (Å²) < 4.78 is 5.40. The minimum atomic E-state index is -1.92. The highest BCUT2D eigenvalue weighted by Crippen LogP contribution is 2.41. The summed E-state index contributed by atoms with van der Waals surface area (Å²) in [5.74, 6) is 1.64. The molecule has 1 saturated heterocycles. The number of nitrogens with one attached hydrogen (secondary N) is 1. The van der Waals surface area contributed by atoms with Crippen molar-refractivity contribution in [3.63, 3.8) is 0 Å². The fourth-order valence-electron chi connectivity index (χ4n) is 2.35. The standard InChI is InChI=1S/C12H16N2O6/c1-3-12(14-5-4-8(16)13-10(14)18)9(17)11(2,19)7(6-15)20-12/h1,4-5,7,9-10,15,17-19H,6H2,2H3,(H,13,16)/t7-,9-,10?,11+,12-/m1/s1. The molecule has 0 aromatic heterocycles. The van der Waals surface area contributed by atoms with E-state index in [2.05, 4.69) is 11.2 Å². The van der Waals surface area contributed by atoms with Crippen LogP contribution in [-0.2, 0) is 9.53 Å². The number of ether oxygens (including phenoxy) is 1. The summed E-state index contributed by atoms with van der Waals surface area (Å²) in [7, 11) is 0. The fourth-order valence-corrected chi connectivity index (χ4v) is 2.35. The average Bonchev–Trinajstić information content (AvgIpc) is 2.59. The van der Waals surface area contributed by atoms with Crippen LogP contribution in [0, 0.1) is 12.3 Å². The van der Waals surface area contributed by atoms with Crippen molar-refractivity contribution in [2.75, 3.05) is 6.61 Å². The highest BCUT2D eigenvalue weighted by molar-refractivity contribution is 5.88. The molecule has 2 aliphatic rings. The third kappa shape index (κ3) is 1.88. The maximum absolute atomic E-state index is 11.1. The second-order valence-corrected chi connectivity index (χ2v) is 4.86. The monoisotopic (exact) mass is 284 g/mol. The number of aliphatic hydroxyl groups is 4. The van der Waals surface area contributed by atoms with Crippen LogP contribution in [-0.4, -0.2) is 67.7 Å². The Kier molecular flexibility index (Phi) is 3.49. The summed E-state index contributed by atoms with van der Waals surface area (Å²) in [6.45, 7) is 0.684. The van der Waals surface area contributed by atoms with Gasteiger partial charge in [0.05, 0.1) is 6.61 Å². The second kappa shape index (κ2) is 4.73. The molecule has 1 unspecified atom stereocenters. The topological polar surface area (TPSA) is 122 Å². The molecule has 2 rings (SSSR count). The van der Waals surface area contributed by atoms with E-state index in [1.54, 1.807) is 0 Å². The third-order valence-electron chi connectivity index (χ3n) is 3.58. The van der Waals surface area contributed by atoms with Crippen molar-refractivity contribution in [3.05, 3.63) is 12.3 Å². The Labute approximate surface area is 115 Å². The summed E-state index contributed by atoms with van der Waals surface area (Å²) in [6.07, 6.45) is 3.34. The maximum Gasteiger partial charge on any atom is 0.248 e. The van der Waals surface area contributed by atoms with Crippen molar-refractivity contribution in [2.24, 2.45) is 0 Å². The third-order valence-corrected chi connectivity index (χ3v) is 3.58. The van der Waals surface area contributed by atoms with Crippen LogP contribution in [0.15, 0.2) is 12.3 Å². The lowest BCUT2D eigenvalue weighted by Crippen LogP contribution is -2.64. The minimum absolute atomic E-state index is 0.543. The Morgan fingerprint density at radius 2 is 2.25 bits per heavy atom. The largest absolute Gasteiger partial charge is 0.394 e. The SMILES string of the molecule is C#C[C@@]1(N2C=CC(=O)NC2O)O[C@H](CO)[C@](C)(O)[C@H]1O. The first-order chi connectivity index (χ1) is 9.29. The highest BCUT2D eigenvalue weighted by Gasteiger charge is 2.63. The molecule has 1 amide bonds. The molecule has 5 N–H and O–H groups in total. The predicted octanol–water partition coefficient (Wildman–Crippen LogP) is -2.96. The molecule has 0 bridgehead atoms. The Balaban J connectivity index is 2.44. The van der Waals surface area contributed by atoms with Gasteiger partial charge in [-0.25, -0.2) is 0 Å². The molecule has 8 nitrogen and oxygen atoms in total. The van der Waals surface area contributed by atoms with E-state index in [9.17, 15) is 25.2 Å². The number of amides is 1. The highest BCUT2D eigenvalue weighted by atomic mass is 16.6. The molecule has 0 spiro atoms. The van der Waals surface area contributed by atoms with Gasteiger partial charge >= 0.3 is 0 Å². The normalized spacial score (nSPS) is 44.3. The number of aliphatic hydroxyl groups excluding tert-OH is 3. The Morgan fingerprint density at radius 1 is 1.60 bits per heavy atom. The molecule has 2 aliphatic heterocycles. The summed E-state index contributed by atoms with van der Waals surface area (Å²) in [4.78, 5) is 12.1. The molecular weight excluding hydrogens is 268 g/mol. The summed E-state index contributed by atoms with van der Waals surface area (Å²) >= 11 is 0. The first kappa shape index (κ1) is 14.8. The van der Waals surface area contributed by atoms with Gasteiger partial charge in [-0.15, -0.1) is 6.42 Å². The molecule has 2 heterocycles. The van der Waals surface area contributed by atoms with Crippen LogP contribution in [0.1, 0.15) is 6.92 Å². The van der Waals surface area contributed by atoms with E-state index in [1.165, 1.54) is 6.92 Å². The molecule has 0 aromatic rings. The van der Waals surface area contributed by atoms with Crippen LogP contribution in [0.4, 0.5) is 0 Å². The van der Waals surface area contributed by atoms with Gasteiger partial charge in [0.1, 0.15) is 17.8 Å². The summed E-state index contributed by atoms with van der Waals surface area (Å²) in [5.41, 5.74) is -3.74. The van der Waals surface area contributed by atoms with E-state index in [-0.39, 0.29) is 0 Å². The number of carbonyl (C=O) groups excluding carboxylic acids is 1. The van der Waals surface area contributed by atoms with Crippen LogP contribution in [0.3, 0.4) is 0 Å². The Morgan fingerprint density at radius 3 is 2.70 bits per heavy atom. The van der Waals surface area contributed by atoms with Crippen LogP contribution in [0.2, 0.25) is 0 Å². The number of carbonyl (C=O) groups is 1. The molecule has 110 valence electrons. The molecule has 1 fully saturated rings. The number of nitrogens with zero attached hydrogens (tertiary/aromatic N) is 1. The zero-order valence-corrected chi connectivity index (χ0v) is 10.7. The lowest BCUT2D eigenvalue weighted by Gasteiger charge is -2.42. The van der Waals surface area contributed by atoms with Crippen LogP contribution < -0.4 is 5.32 Å². The quantitative estimate of drug-likeness (QED) is 0.343. The lowest BCUT2D eigenvalue weighted by molar-refractivity contribution is -0.187. The lowest BCUT2D eigenvalue weighted by atomic mass is 9.89. The first-order valence-corrected chi connectivity index (χ1v) is 5.91. The van der Waals surface area contributed by atoms with Crippen molar-refractivity contribution < 1.29 is 30.0 Å². The van der Waals surface area contributed by atoms with E-state index >= 15 is 0 Å². The van der Waals surface area contributed by atoms with Gasteiger partial charge in [0.25, 0.3) is 0 Å². The van der Waals surface area contributed by atoms with Gasteiger partial charge in [-0.1, -0.05) is 0 Å². The van der Waals surface area contributed by atoms with Crippen molar-refractivity contribution >= 4 is 5.91 Å². The maximum atomic E-state index is 11.1. The van der Waals surface area contributed by atoms with Gasteiger partial charge in [-0.2, -0.15) is 0 Å². The van der Waals surface area contributed by atoms with Gasteiger partial charge < -0.3 is 30.5 Å². The molecular formula is C12H16N2O6. The smallest absolute Gasteiger partial charge is 0.248 e. The van der Waals surface area contributed by atoms with Gasteiger partial charge in [-0.05, 0) is 12.8 Å². The number of terminal acetylenes is 1. The van der Waals surface area contributed by atoms with Crippen molar-refractivity contribution in [2.45, 2.75) is 36.8 Å². The predicted molar refractivity (Wildman–Crippen MR) is 65.3 cm³/mol. The fraction of sp³-hybridized carbons (Fsp3) is 0.583. The van der Waals surface area contributed by atoms with Crippen LogP contribution in [0.25, 0.3) is 0 Å². The summed E-state index contributed by atoms with van der Waals surface area (Å²) in [6, 6.07) is 0. The Hall–Kier alpha value is -1.63. The first-order valence-electron chi connectivity index (χ1n) is 5.91. The van der Waals surface area contributed by atoms with E-state index in [4.69, 9.17) is 11.2 Å². The van der Waals surface area contributed by atoms with Crippen LogP contribution in [0.5, 0.6) is 0 Å². The molecule has 0 aromatic carbocycles. The van der Waals surface area contributed by atoms with Crippen LogP contribution >= 0.6 is 0 Å². The molecule has 0 radical (unpaired) electrons. The van der Waals surface area contributed by atoms with Gasteiger partial charge in [-0.3, -0.25) is 9.69 Å². The minimum Gasteiger partial charge on any atom is -0.394 e. The molecule has 5 atom stereocenters. The summed E-state index contributed by atoms with van der Waals surface area (Å²) in [5, 5.41) is 41.7. The number of hydrogen-bond acceptors (Lipinski definition) is 7. The van der Waals surface area contributed by atoms with E-state index in [1.807, 2.05) is 0 Å². The zero-order chi connectivity index (χ0) is 15.1. The van der Waals surface area contributed by atoms with Gasteiger partial charge in [0.2, 0.25) is 18.0 Å². The average molecular weight is 284 g/mol.